The van der Waals surface area contributed by atoms with Gasteiger partial charge in [-0.2, -0.15) is 5.26 Å². The van der Waals surface area contributed by atoms with E-state index in [9.17, 15) is 5.26 Å². The number of aryl methyl sites for hydroxylation is 1. The number of hydrogen-bond acceptors (Lipinski definition) is 3. The molecule has 4 heteroatoms. The highest BCUT2D eigenvalue weighted by molar-refractivity contribution is 6.53. The van der Waals surface area contributed by atoms with Crippen LogP contribution in [0.15, 0.2) is 42.7 Å². The van der Waals surface area contributed by atoms with E-state index in [1.807, 2.05) is 25.1 Å². The molecule has 0 aliphatic heterocycles. The third-order valence-corrected chi connectivity index (χ3v) is 3.37. The SMILES string of the molecule is COc1cc(/C(Cl)=C(/C#N)c2ccncc2)ccc1C. The van der Waals surface area contributed by atoms with Crippen LogP contribution in [0, 0.1) is 18.3 Å². The fourth-order valence-corrected chi connectivity index (χ4v) is 2.13. The van der Waals surface area contributed by atoms with Crippen molar-refractivity contribution in [1.29, 1.82) is 5.26 Å². The maximum Gasteiger partial charge on any atom is 0.122 e. The Labute approximate surface area is 123 Å². The third-order valence-electron chi connectivity index (χ3n) is 2.96. The third kappa shape index (κ3) is 2.81. The number of halogens is 1. The van der Waals surface area contributed by atoms with E-state index in [-0.39, 0.29) is 0 Å². The summed E-state index contributed by atoms with van der Waals surface area (Å²) in [4.78, 5) is 3.94. The van der Waals surface area contributed by atoms with Gasteiger partial charge in [-0.25, -0.2) is 0 Å². The normalized spacial score (nSPS) is 11.5. The molecular formula is C16H13ClN2O. The highest BCUT2D eigenvalue weighted by Gasteiger charge is 2.11. The molecule has 100 valence electrons. The summed E-state index contributed by atoms with van der Waals surface area (Å²) >= 11 is 6.37. The molecule has 0 atom stereocenters. The molecule has 0 saturated heterocycles. The molecule has 1 aromatic heterocycles. The van der Waals surface area contributed by atoms with Crippen molar-refractivity contribution in [2.75, 3.05) is 7.11 Å². The van der Waals surface area contributed by atoms with Crippen molar-refractivity contribution in [1.82, 2.24) is 4.98 Å². The van der Waals surface area contributed by atoms with E-state index in [2.05, 4.69) is 11.1 Å². The molecule has 0 aliphatic carbocycles. The Kier molecular flexibility index (Phi) is 4.39. The zero-order chi connectivity index (χ0) is 14.5. The first-order valence-corrected chi connectivity index (χ1v) is 6.40. The van der Waals surface area contributed by atoms with E-state index >= 15 is 0 Å². The molecule has 0 spiro atoms. The maximum absolute atomic E-state index is 9.35. The first-order chi connectivity index (χ1) is 9.67. The van der Waals surface area contributed by atoms with Crippen molar-refractivity contribution in [2.24, 2.45) is 0 Å². The van der Waals surface area contributed by atoms with Crippen molar-refractivity contribution >= 4 is 22.2 Å². The van der Waals surface area contributed by atoms with Crippen molar-refractivity contribution in [2.45, 2.75) is 6.92 Å². The smallest absolute Gasteiger partial charge is 0.122 e. The standard InChI is InChI=1S/C16H13ClN2O/c1-11-3-4-13(9-15(11)20-2)16(17)14(10-18)12-5-7-19-8-6-12/h3-9H,1-2H3/b16-14+. The van der Waals surface area contributed by atoms with E-state index in [0.717, 1.165) is 22.4 Å². The molecule has 0 aliphatic rings. The highest BCUT2D eigenvalue weighted by Crippen LogP contribution is 2.32. The van der Waals surface area contributed by atoms with E-state index in [0.29, 0.717) is 10.6 Å². The van der Waals surface area contributed by atoms with Crippen LogP contribution in [0.4, 0.5) is 0 Å². The molecule has 1 heterocycles. The summed E-state index contributed by atoms with van der Waals surface area (Å²) in [6.07, 6.45) is 3.26. The number of nitriles is 1. The predicted molar refractivity (Wildman–Crippen MR) is 80.2 cm³/mol. The fourth-order valence-electron chi connectivity index (χ4n) is 1.86. The quantitative estimate of drug-likeness (QED) is 0.800. The van der Waals surface area contributed by atoms with Crippen molar-refractivity contribution in [3.05, 3.63) is 59.4 Å². The zero-order valence-electron chi connectivity index (χ0n) is 11.2. The summed E-state index contributed by atoms with van der Waals surface area (Å²) in [6, 6.07) is 11.3. The Bertz CT molecular complexity index is 687. The van der Waals surface area contributed by atoms with Gasteiger partial charge in [0.05, 0.1) is 17.7 Å². The number of hydrogen-bond donors (Lipinski definition) is 0. The minimum Gasteiger partial charge on any atom is -0.496 e. The Morgan fingerprint density at radius 2 is 1.90 bits per heavy atom. The maximum atomic E-state index is 9.35. The second-order valence-corrected chi connectivity index (χ2v) is 4.60. The van der Waals surface area contributed by atoms with Crippen LogP contribution in [0.2, 0.25) is 0 Å². The molecule has 2 aromatic rings. The van der Waals surface area contributed by atoms with Gasteiger partial charge >= 0.3 is 0 Å². The number of nitrogens with zero attached hydrogens (tertiary/aromatic N) is 2. The van der Waals surface area contributed by atoms with Gasteiger partial charge in [-0.15, -0.1) is 0 Å². The van der Waals surface area contributed by atoms with Gasteiger partial charge in [0.1, 0.15) is 11.8 Å². The molecular weight excluding hydrogens is 272 g/mol. The van der Waals surface area contributed by atoms with Gasteiger partial charge in [-0.1, -0.05) is 23.7 Å². The Morgan fingerprint density at radius 3 is 2.50 bits per heavy atom. The summed E-state index contributed by atoms with van der Waals surface area (Å²) in [5.41, 5.74) is 2.93. The van der Waals surface area contributed by atoms with Gasteiger partial charge in [-0.05, 0) is 41.8 Å². The Balaban J connectivity index is 2.55. The lowest BCUT2D eigenvalue weighted by Gasteiger charge is -2.08. The number of ether oxygens (including phenoxy) is 1. The van der Waals surface area contributed by atoms with Crippen molar-refractivity contribution in [3.63, 3.8) is 0 Å². The van der Waals surface area contributed by atoms with Gasteiger partial charge in [0.2, 0.25) is 0 Å². The van der Waals surface area contributed by atoms with E-state index in [4.69, 9.17) is 16.3 Å². The summed E-state index contributed by atoms with van der Waals surface area (Å²) in [5.74, 6) is 0.743. The molecule has 0 bridgehead atoms. The van der Waals surface area contributed by atoms with Crippen LogP contribution in [-0.2, 0) is 0 Å². The first-order valence-electron chi connectivity index (χ1n) is 6.02. The summed E-state index contributed by atoms with van der Waals surface area (Å²) in [5, 5.41) is 9.75. The highest BCUT2D eigenvalue weighted by atomic mass is 35.5. The minimum atomic E-state index is 0.400. The second-order valence-electron chi connectivity index (χ2n) is 4.22. The summed E-state index contributed by atoms with van der Waals surface area (Å²) < 4.78 is 5.28. The van der Waals surface area contributed by atoms with Crippen LogP contribution in [0.5, 0.6) is 5.75 Å². The molecule has 0 saturated carbocycles. The molecule has 2 rings (SSSR count). The molecule has 0 unspecified atom stereocenters. The van der Waals surface area contributed by atoms with Crippen LogP contribution in [-0.4, -0.2) is 12.1 Å². The van der Waals surface area contributed by atoms with E-state index in [1.54, 1.807) is 31.6 Å². The van der Waals surface area contributed by atoms with E-state index < -0.39 is 0 Å². The van der Waals surface area contributed by atoms with Gasteiger partial charge < -0.3 is 4.74 Å². The molecule has 3 nitrogen and oxygen atoms in total. The second kappa shape index (κ2) is 6.23. The van der Waals surface area contributed by atoms with Crippen LogP contribution >= 0.6 is 11.6 Å². The lowest BCUT2D eigenvalue weighted by molar-refractivity contribution is 0.411. The minimum absolute atomic E-state index is 0.400. The topological polar surface area (TPSA) is 45.9 Å². The lowest BCUT2D eigenvalue weighted by atomic mass is 10.0. The van der Waals surface area contributed by atoms with Crippen LogP contribution in [0.3, 0.4) is 0 Å². The van der Waals surface area contributed by atoms with E-state index in [1.165, 1.54) is 0 Å². The van der Waals surface area contributed by atoms with Gasteiger partial charge in [-0.3, -0.25) is 4.98 Å². The monoisotopic (exact) mass is 284 g/mol. The lowest BCUT2D eigenvalue weighted by Crippen LogP contribution is -1.91. The van der Waals surface area contributed by atoms with Gasteiger partial charge in [0.15, 0.2) is 0 Å². The number of allylic oxidation sites excluding steroid dienone is 1. The number of aromatic nitrogens is 1. The Hall–Kier alpha value is -2.31. The van der Waals surface area contributed by atoms with Crippen LogP contribution in [0.25, 0.3) is 10.6 Å². The average Bonchev–Trinajstić information content (AvgIpc) is 2.49. The van der Waals surface area contributed by atoms with Gasteiger partial charge in [0.25, 0.3) is 0 Å². The number of pyridine rings is 1. The van der Waals surface area contributed by atoms with Crippen LogP contribution < -0.4 is 4.74 Å². The van der Waals surface area contributed by atoms with Crippen molar-refractivity contribution < 1.29 is 4.74 Å². The molecule has 20 heavy (non-hydrogen) atoms. The Morgan fingerprint density at radius 1 is 1.20 bits per heavy atom. The largest absolute Gasteiger partial charge is 0.496 e. The number of benzene rings is 1. The molecule has 1 aromatic carbocycles. The average molecular weight is 285 g/mol. The molecule has 0 amide bonds. The number of methoxy groups -OCH3 is 1. The zero-order valence-corrected chi connectivity index (χ0v) is 12.0. The first kappa shape index (κ1) is 14.1. The predicted octanol–water partition coefficient (Wildman–Crippen LogP) is 4.03. The van der Waals surface area contributed by atoms with Crippen LogP contribution in [0.1, 0.15) is 16.7 Å². The molecule has 0 N–H and O–H groups in total. The fraction of sp³-hybridized carbons (Fsp3) is 0.125. The van der Waals surface area contributed by atoms with Gasteiger partial charge in [0, 0.05) is 12.4 Å². The van der Waals surface area contributed by atoms with Crippen molar-refractivity contribution in [3.8, 4) is 11.8 Å². The summed E-state index contributed by atoms with van der Waals surface area (Å²) in [7, 11) is 1.61. The summed E-state index contributed by atoms with van der Waals surface area (Å²) in [6.45, 7) is 1.95. The number of rotatable bonds is 3. The molecule has 0 radical (unpaired) electrons. The molecule has 0 fully saturated rings.